The lowest BCUT2D eigenvalue weighted by Gasteiger charge is -2.29. The Labute approximate surface area is 143 Å². The third-order valence-corrected chi connectivity index (χ3v) is 3.87. The fourth-order valence-electron chi connectivity index (χ4n) is 2.01. The lowest BCUT2D eigenvalue weighted by Crippen LogP contribution is -2.42. The van der Waals surface area contributed by atoms with Gasteiger partial charge in [-0.1, -0.05) is 30.1 Å². The Morgan fingerprint density at radius 1 is 1.26 bits per heavy atom. The van der Waals surface area contributed by atoms with Gasteiger partial charge in [0, 0.05) is 25.1 Å². The van der Waals surface area contributed by atoms with Crippen LogP contribution >= 0.6 is 23.2 Å². The predicted octanol–water partition coefficient (Wildman–Crippen LogP) is 3.39. The molecular formula is C15H15Cl2NO5. The van der Waals surface area contributed by atoms with E-state index in [1.165, 1.54) is 19.9 Å². The van der Waals surface area contributed by atoms with Crippen molar-refractivity contribution < 1.29 is 24.2 Å². The van der Waals surface area contributed by atoms with Crippen LogP contribution in [-0.2, 0) is 25.5 Å². The molecule has 2 N–H and O–H groups in total. The molecule has 1 heterocycles. The van der Waals surface area contributed by atoms with Gasteiger partial charge in [-0.2, -0.15) is 0 Å². The Morgan fingerprint density at radius 3 is 2.35 bits per heavy atom. The number of nitrogens with one attached hydrogen (secondary N) is 1. The number of carbonyl (C=O) groups excluding carboxylic acids is 2. The van der Waals surface area contributed by atoms with E-state index in [-0.39, 0.29) is 22.0 Å². The number of hydrogen-bond acceptors (Lipinski definition) is 6. The molecule has 23 heavy (non-hydrogen) atoms. The van der Waals surface area contributed by atoms with E-state index >= 15 is 0 Å². The molecule has 0 spiro atoms. The number of aromatic hydroxyl groups is 1. The van der Waals surface area contributed by atoms with Gasteiger partial charge in [0.2, 0.25) is 0 Å². The molecule has 0 unspecified atom stereocenters. The normalized spacial score (nSPS) is 16.7. The molecule has 0 aromatic heterocycles. The van der Waals surface area contributed by atoms with Crippen LogP contribution in [0, 0.1) is 0 Å². The summed E-state index contributed by atoms with van der Waals surface area (Å²) < 4.78 is 9.91. The highest BCUT2D eigenvalue weighted by molar-refractivity contribution is 6.37. The van der Waals surface area contributed by atoms with Crippen molar-refractivity contribution in [2.24, 2.45) is 0 Å². The fraction of sp³-hybridized carbons (Fsp3) is 0.333. The van der Waals surface area contributed by atoms with E-state index < -0.39 is 17.7 Å². The molecule has 0 saturated carbocycles. The molecule has 1 aromatic rings. The van der Waals surface area contributed by atoms with Crippen molar-refractivity contribution in [1.82, 2.24) is 0 Å². The fourth-order valence-corrected chi connectivity index (χ4v) is 2.73. The second-order valence-electron chi connectivity index (χ2n) is 5.28. The predicted molar refractivity (Wildman–Crippen MR) is 85.5 cm³/mol. The number of phenolic OH excluding ortho intramolecular Hbond substituents is 1. The summed E-state index contributed by atoms with van der Waals surface area (Å²) in [6.07, 6.45) is 1.62. The van der Waals surface area contributed by atoms with E-state index in [1.54, 1.807) is 0 Å². The van der Waals surface area contributed by atoms with E-state index in [0.29, 0.717) is 17.0 Å². The van der Waals surface area contributed by atoms with Crippen LogP contribution < -0.4 is 5.32 Å². The molecule has 0 atom stereocenters. The SMILES string of the molecule is CCc1c(Cl)cc(NC=C2C(=O)OC(C)(C)OC2=O)c(O)c1Cl. The summed E-state index contributed by atoms with van der Waals surface area (Å²) in [5.74, 6) is -3.22. The first-order chi connectivity index (χ1) is 10.7. The number of carbonyl (C=O) groups is 2. The summed E-state index contributed by atoms with van der Waals surface area (Å²) in [7, 11) is 0. The highest BCUT2D eigenvalue weighted by Crippen LogP contribution is 2.39. The van der Waals surface area contributed by atoms with E-state index in [9.17, 15) is 14.7 Å². The summed E-state index contributed by atoms with van der Waals surface area (Å²) >= 11 is 12.1. The lowest BCUT2D eigenvalue weighted by molar-refractivity contribution is -0.222. The standard InChI is InChI=1S/C15H15Cl2NO5/c1-4-7-9(16)5-10(12(19)11(7)17)18-6-8-13(20)22-15(2,3)23-14(8)21/h5-6,18-19H,4H2,1-3H3. The number of ether oxygens (including phenoxy) is 2. The zero-order valence-electron chi connectivity index (χ0n) is 12.7. The van der Waals surface area contributed by atoms with E-state index in [2.05, 4.69) is 5.32 Å². The zero-order valence-corrected chi connectivity index (χ0v) is 14.2. The van der Waals surface area contributed by atoms with Gasteiger partial charge in [-0.3, -0.25) is 0 Å². The number of hydrogen-bond donors (Lipinski definition) is 2. The molecule has 8 heteroatoms. The van der Waals surface area contributed by atoms with E-state index in [0.717, 1.165) is 6.20 Å². The minimum atomic E-state index is -1.32. The van der Waals surface area contributed by atoms with E-state index in [4.69, 9.17) is 32.7 Å². The topological polar surface area (TPSA) is 84.9 Å². The highest BCUT2D eigenvalue weighted by atomic mass is 35.5. The van der Waals surface area contributed by atoms with Crippen LogP contribution in [0.1, 0.15) is 26.3 Å². The average Bonchev–Trinajstić information content (AvgIpc) is 2.42. The Morgan fingerprint density at radius 2 is 1.83 bits per heavy atom. The molecule has 0 aliphatic carbocycles. The number of benzene rings is 1. The quantitative estimate of drug-likeness (QED) is 0.372. The second-order valence-corrected chi connectivity index (χ2v) is 6.07. The average molecular weight is 360 g/mol. The first kappa shape index (κ1) is 17.4. The monoisotopic (exact) mass is 359 g/mol. The van der Waals surface area contributed by atoms with Gasteiger partial charge in [0.05, 0.1) is 10.7 Å². The maximum Gasteiger partial charge on any atom is 0.350 e. The van der Waals surface area contributed by atoms with Gasteiger partial charge >= 0.3 is 11.9 Å². The number of phenols is 1. The molecule has 1 saturated heterocycles. The summed E-state index contributed by atoms with van der Waals surface area (Å²) in [4.78, 5) is 23.6. The molecule has 0 radical (unpaired) electrons. The van der Waals surface area contributed by atoms with Gasteiger partial charge in [0.25, 0.3) is 5.79 Å². The van der Waals surface area contributed by atoms with Crippen molar-refractivity contribution in [3.05, 3.63) is 33.4 Å². The smallest absolute Gasteiger partial charge is 0.350 e. The molecule has 1 fully saturated rings. The van der Waals surface area contributed by atoms with Gasteiger partial charge < -0.3 is 19.9 Å². The molecule has 124 valence electrons. The van der Waals surface area contributed by atoms with Gasteiger partial charge in [0.1, 0.15) is 0 Å². The van der Waals surface area contributed by atoms with Crippen LogP contribution in [0.2, 0.25) is 10.0 Å². The maximum absolute atomic E-state index is 11.8. The molecule has 2 rings (SSSR count). The van der Waals surface area contributed by atoms with Crippen LogP contribution in [-0.4, -0.2) is 22.8 Å². The number of rotatable bonds is 3. The minimum Gasteiger partial charge on any atom is -0.504 e. The molecule has 1 aliphatic heterocycles. The molecule has 1 aliphatic rings. The first-order valence-electron chi connectivity index (χ1n) is 6.79. The van der Waals surface area contributed by atoms with Crippen molar-refractivity contribution >= 4 is 40.8 Å². The number of halogens is 2. The number of anilines is 1. The second kappa shape index (κ2) is 6.29. The lowest BCUT2D eigenvalue weighted by atomic mass is 10.1. The Bertz CT molecular complexity index is 690. The van der Waals surface area contributed by atoms with Crippen LogP contribution in [0.4, 0.5) is 5.69 Å². The minimum absolute atomic E-state index is 0.107. The first-order valence-corrected chi connectivity index (χ1v) is 7.55. The number of esters is 2. The van der Waals surface area contributed by atoms with Gasteiger partial charge in [0.15, 0.2) is 11.3 Å². The van der Waals surface area contributed by atoms with Crippen LogP contribution in [0.3, 0.4) is 0 Å². The Balaban J connectivity index is 2.30. The molecule has 6 nitrogen and oxygen atoms in total. The van der Waals surface area contributed by atoms with Gasteiger partial charge in [-0.25, -0.2) is 9.59 Å². The summed E-state index contributed by atoms with van der Waals surface area (Å²) in [5, 5.41) is 13.1. The zero-order chi connectivity index (χ0) is 17.4. The van der Waals surface area contributed by atoms with Crippen molar-refractivity contribution in [3.63, 3.8) is 0 Å². The summed E-state index contributed by atoms with van der Waals surface area (Å²) in [6, 6.07) is 1.45. The molecule has 1 aromatic carbocycles. The van der Waals surface area contributed by atoms with Crippen molar-refractivity contribution in [1.29, 1.82) is 0 Å². The van der Waals surface area contributed by atoms with Crippen molar-refractivity contribution in [2.75, 3.05) is 5.32 Å². The summed E-state index contributed by atoms with van der Waals surface area (Å²) in [5.41, 5.74) is 0.410. The Hall–Kier alpha value is -1.92. The van der Waals surface area contributed by atoms with Gasteiger partial charge in [-0.05, 0) is 18.1 Å². The van der Waals surface area contributed by atoms with Crippen LogP contribution in [0.5, 0.6) is 5.75 Å². The maximum atomic E-state index is 11.8. The Kier molecular flexibility index (Phi) is 4.77. The van der Waals surface area contributed by atoms with Crippen LogP contribution in [0.25, 0.3) is 0 Å². The third-order valence-electron chi connectivity index (χ3n) is 3.13. The largest absolute Gasteiger partial charge is 0.504 e. The highest BCUT2D eigenvalue weighted by Gasteiger charge is 2.39. The van der Waals surface area contributed by atoms with E-state index in [1.807, 2.05) is 6.92 Å². The molecule has 0 amide bonds. The van der Waals surface area contributed by atoms with Crippen LogP contribution in [0.15, 0.2) is 17.8 Å². The number of cyclic esters (lactones) is 2. The third kappa shape index (κ3) is 3.54. The van der Waals surface area contributed by atoms with Gasteiger partial charge in [-0.15, -0.1) is 0 Å². The molecular weight excluding hydrogens is 345 g/mol. The van der Waals surface area contributed by atoms with Crippen molar-refractivity contribution in [3.8, 4) is 5.75 Å². The van der Waals surface area contributed by atoms with Crippen molar-refractivity contribution in [2.45, 2.75) is 33.0 Å². The molecule has 0 bridgehead atoms. The summed E-state index contributed by atoms with van der Waals surface area (Å²) in [6.45, 7) is 4.74.